The molecule has 4 nitrogen and oxygen atoms in total. The standard InChI is InChI=1S/C11H13N3O/c1-14-9-10(8-13-14)12-6-2-4-11-5-3-7-15-11/h2-5,7-9,12H,6H2,1H3/b4-2+. The van der Waals surface area contributed by atoms with E-state index < -0.39 is 0 Å². The molecule has 0 spiro atoms. The maximum atomic E-state index is 5.16. The highest BCUT2D eigenvalue weighted by Crippen LogP contribution is 2.04. The number of nitrogens with zero attached hydrogens (tertiary/aromatic N) is 2. The van der Waals surface area contributed by atoms with Crippen LogP contribution in [-0.4, -0.2) is 16.3 Å². The van der Waals surface area contributed by atoms with Crippen LogP contribution in [0.3, 0.4) is 0 Å². The average molecular weight is 203 g/mol. The number of aromatic nitrogens is 2. The second-order valence-corrected chi connectivity index (χ2v) is 3.20. The zero-order chi connectivity index (χ0) is 10.5. The van der Waals surface area contributed by atoms with Crippen LogP contribution in [-0.2, 0) is 7.05 Å². The summed E-state index contributed by atoms with van der Waals surface area (Å²) in [6.07, 6.45) is 9.32. The smallest absolute Gasteiger partial charge is 0.126 e. The number of aryl methyl sites for hydroxylation is 1. The Morgan fingerprint density at radius 1 is 1.60 bits per heavy atom. The Bertz CT molecular complexity index is 428. The number of furan rings is 1. The highest BCUT2D eigenvalue weighted by molar-refractivity contribution is 5.45. The largest absolute Gasteiger partial charge is 0.465 e. The van der Waals surface area contributed by atoms with Gasteiger partial charge < -0.3 is 9.73 Å². The van der Waals surface area contributed by atoms with Crippen LogP contribution < -0.4 is 5.32 Å². The van der Waals surface area contributed by atoms with Crippen LogP contribution in [0.2, 0.25) is 0 Å². The summed E-state index contributed by atoms with van der Waals surface area (Å²) in [4.78, 5) is 0. The van der Waals surface area contributed by atoms with Crippen molar-refractivity contribution >= 4 is 11.8 Å². The fraction of sp³-hybridized carbons (Fsp3) is 0.182. The van der Waals surface area contributed by atoms with Gasteiger partial charge in [0.15, 0.2) is 0 Å². The fourth-order valence-corrected chi connectivity index (χ4v) is 1.25. The van der Waals surface area contributed by atoms with E-state index in [4.69, 9.17) is 4.42 Å². The van der Waals surface area contributed by atoms with Gasteiger partial charge in [-0.2, -0.15) is 5.10 Å². The first-order valence-corrected chi connectivity index (χ1v) is 4.77. The van der Waals surface area contributed by atoms with Crippen LogP contribution in [0.15, 0.2) is 41.3 Å². The van der Waals surface area contributed by atoms with Crippen molar-refractivity contribution in [2.24, 2.45) is 7.05 Å². The first kappa shape index (κ1) is 9.58. The first-order valence-electron chi connectivity index (χ1n) is 4.77. The molecule has 0 saturated heterocycles. The summed E-state index contributed by atoms with van der Waals surface area (Å²) in [6.45, 7) is 0.756. The summed E-state index contributed by atoms with van der Waals surface area (Å²) in [5, 5.41) is 7.27. The summed E-state index contributed by atoms with van der Waals surface area (Å²) < 4.78 is 6.92. The molecule has 0 aliphatic rings. The maximum Gasteiger partial charge on any atom is 0.126 e. The molecule has 2 aromatic rings. The molecule has 2 rings (SSSR count). The van der Waals surface area contributed by atoms with Gasteiger partial charge in [0.05, 0.1) is 18.1 Å². The summed E-state index contributed by atoms with van der Waals surface area (Å²) in [7, 11) is 1.89. The van der Waals surface area contributed by atoms with Crippen molar-refractivity contribution in [3.63, 3.8) is 0 Å². The quantitative estimate of drug-likeness (QED) is 0.827. The van der Waals surface area contributed by atoms with Crippen LogP contribution >= 0.6 is 0 Å². The van der Waals surface area contributed by atoms with Crippen molar-refractivity contribution in [2.75, 3.05) is 11.9 Å². The summed E-state index contributed by atoms with van der Waals surface area (Å²) >= 11 is 0. The Hall–Kier alpha value is -1.97. The Balaban J connectivity index is 1.80. The van der Waals surface area contributed by atoms with E-state index in [0.717, 1.165) is 18.0 Å². The van der Waals surface area contributed by atoms with Gasteiger partial charge in [0.1, 0.15) is 5.76 Å². The molecule has 2 aromatic heterocycles. The summed E-state index contributed by atoms with van der Waals surface area (Å²) in [5.74, 6) is 0.864. The molecule has 0 bridgehead atoms. The second kappa shape index (κ2) is 4.50. The predicted octanol–water partition coefficient (Wildman–Crippen LogP) is 2.14. The summed E-state index contributed by atoms with van der Waals surface area (Å²) in [5.41, 5.74) is 1.02. The van der Waals surface area contributed by atoms with Crippen molar-refractivity contribution in [3.8, 4) is 0 Å². The third kappa shape index (κ3) is 2.74. The molecule has 15 heavy (non-hydrogen) atoms. The fourth-order valence-electron chi connectivity index (χ4n) is 1.25. The van der Waals surface area contributed by atoms with Gasteiger partial charge in [-0.05, 0) is 18.2 Å². The van der Waals surface area contributed by atoms with Crippen LogP contribution in [0.4, 0.5) is 5.69 Å². The molecule has 78 valence electrons. The molecule has 0 fully saturated rings. The van der Waals surface area contributed by atoms with Gasteiger partial charge in [0.25, 0.3) is 0 Å². The molecule has 0 unspecified atom stereocenters. The second-order valence-electron chi connectivity index (χ2n) is 3.20. The van der Waals surface area contributed by atoms with Gasteiger partial charge in [-0.3, -0.25) is 4.68 Å². The number of hydrogen-bond acceptors (Lipinski definition) is 3. The van der Waals surface area contributed by atoms with Crippen molar-refractivity contribution in [3.05, 3.63) is 42.6 Å². The van der Waals surface area contributed by atoms with Crippen LogP contribution in [0.5, 0.6) is 0 Å². The molecular formula is C11H13N3O. The highest BCUT2D eigenvalue weighted by atomic mass is 16.3. The average Bonchev–Trinajstić information content (AvgIpc) is 2.84. The molecule has 0 radical (unpaired) electrons. The molecular weight excluding hydrogens is 190 g/mol. The van der Waals surface area contributed by atoms with E-state index in [1.54, 1.807) is 17.1 Å². The maximum absolute atomic E-state index is 5.16. The lowest BCUT2D eigenvalue weighted by Crippen LogP contribution is -1.96. The first-order chi connectivity index (χ1) is 7.34. The molecule has 0 atom stereocenters. The molecule has 2 heterocycles. The Morgan fingerprint density at radius 3 is 3.20 bits per heavy atom. The van der Waals surface area contributed by atoms with Crippen molar-refractivity contribution < 1.29 is 4.42 Å². The lowest BCUT2D eigenvalue weighted by atomic mass is 10.4. The van der Waals surface area contributed by atoms with Gasteiger partial charge >= 0.3 is 0 Å². The van der Waals surface area contributed by atoms with E-state index in [9.17, 15) is 0 Å². The van der Waals surface area contributed by atoms with Gasteiger partial charge in [0.2, 0.25) is 0 Å². The SMILES string of the molecule is Cn1cc(NC/C=C/c2ccco2)cn1. The van der Waals surface area contributed by atoms with Crippen LogP contribution in [0, 0.1) is 0 Å². The third-order valence-corrected chi connectivity index (χ3v) is 1.95. The van der Waals surface area contributed by atoms with Crippen molar-refractivity contribution in [2.45, 2.75) is 0 Å². The molecule has 1 N–H and O–H groups in total. The van der Waals surface area contributed by atoms with Crippen molar-refractivity contribution in [1.82, 2.24) is 9.78 Å². The Kier molecular flexibility index (Phi) is 2.88. The zero-order valence-electron chi connectivity index (χ0n) is 8.55. The van der Waals surface area contributed by atoms with Gasteiger partial charge in [-0.15, -0.1) is 0 Å². The van der Waals surface area contributed by atoms with E-state index in [1.165, 1.54) is 0 Å². The van der Waals surface area contributed by atoms with Crippen LogP contribution in [0.1, 0.15) is 5.76 Å². The zero-order valence-corrected chi connectivity index (χ0v) is 8.55. The lowest BCUT2D eigenvalue weighted by molar-refractivity contribution is 0.557. The minimum Gasteiger partial charge on any atom is -0.465 e. The number of anilines is 1. The molecule has 0 amide bonds. The molecule has 0 aliphatic heterocycles. The normalized spacial score (nSPS) is 11.0. The van der Waals surface area contributed by atoms with Crippen molar-refractivity contribution in [1.29, 1.82) is 0 Å². The Morgan fingerprint density at radius 2 is 2.53 bits per heavy atom. The van der Waals surface area contributed by atoms with E-state index in [-0.39, 0.29) is 0 Å². The van der Waals surface area contributed by atoms with E-state index in [0.29, 0.717) is 0 Å². The minimum absolute atomic E-state index is 0.756. The number of nitrogens with one attached hydrogen (secondary N) is 1. The highest BCUT2D eigenvalue weighted by Gasteiger charge is 1.91. The molecule has 0 aliphatic carbocycles. The van der Waals surface area contributed by atoms with Crippen LogP contribution in [0.25, 0.3) is 6.08 Å². The van der Waals surface area contributed by atoms with E-state index >= 15 is 0 Å². The van der Waals surface area contributed by atoms with Gasteiger partial charge in [-0.1, -0.05) is 6.08 Å². The third-order valence-electron chi connectivity index (χ3n) is 1.95. The number of rotatable bonds is 4. The number of hydrogen-bond donors (Lipinski definition) is 1. The Labute approximate surface area is 88.2 Å². The van der Waals surface area contributed by atoms with E-state index in [1.807, 2.05) is 37.5 Å². The minimum atomic E-state index is 0.756. The monoisotopic (exact) mass is 203 g/mol. The molecule has 0 aromatic carbocycles. The topological polar surface area (TPSA) is 43.0 Å². The van der Waals surface area contributed by atoms with Gasteiger partial charge in [0, 0.05) is 19.8 Å². The predicted molar refractivity (Wildman–Crippen MR) is 59.4 cm³/mol. The molecule has 0 saturated carbocycles. The molecule has 4 heteroatoms. The van der Waals surface area contributed by atoms with E-state index in [2.05, 4.69) is 10.4 Å². The van der Waals surface area contributed by atoms with Gasteiger partial charge in [-0.25, -0.2) is 0 Å². The summed E-state index contributed by atoms with van der Waals surface area (Å²) in [6, 6.07) is 3.79. The lowest BCUT2D eigenvalue weighted by Gasteiger charge is -1.96.